The maximum atomic E-state index is 12.0. The van der Waals surface area contributed by atoms with Gasteiger partial charge in [0.05, 0.1) is 12.5 Å². The lowest BCUT2D eigenvalue weighted by Gasteiger charge is -2.17. The van der Waals surface area contributed by atoms with Crippen LogP contribution in [0.4, 0.5) is 5.69 Å². The summed E-state index contributed by atoms with van der Waals surface area (Å²) in [6, 6.07) is 5.38. The van der Waals surface area contributed by atoms with E-state index in [-0.39, 0.29) is 17.9 Å². The van der Waals surface area contributed by atoms with E-state index in [1.165, 1.54) is 0 Å². The quantitative estimate of drug-likeness (QED) is 0.749. The summed E-state index contributed by atoms with van der Waals surface area (Å²) in [5.74, 6) is 0.459. The molecule has 0 aromatic heterocycles. The average molecular weight is 280 g/mol. The fraction of sp³-hybridized carbons (Fsp3) is 0.533. The fourth-order valence-corrected chi connectivity index (χ4v) is 1.59. The van der Waals surface area contributed by atoms with Crippen molar-refractivity contribution in [2.75, 3.05) is 25.6 Å². The summed E-state index contributed by atoms with van der Waals surface area (Å²) in [5.41, 5.74) is 7.46. The fourth-order valence-electron chi connectivity index (χ4n) is 1.59. The third kappa shape index (κ3) is 4.83. The molecule has 0 bridgehead atoms. The van der Waals surface area contributed by atoms with Crippen LogP contribution in [-0.2, 0) is 9.53 Å². The van der Waals surface area contributed by atoms with Gasteiger partial charge in [0.25, 0.3) is 0 Å². The summed E-state index contributed by atoms with van der Waals surface area (Å²) in [6.07, 6.45) is 0. The highest BCUT2D eigenvalue weighted by atomic mass is 16.5. The molecule has 1 aromatic rings. The number of anilines is 1. The maximum absolute atomic E-state index is 12.0. The maximum Gasteiger partial charge on any atom is 0.228 e. The molecule has 3 N–H and O–H groups in total. The van der Waals surface area contributed by atoms with Gasteiger partial charge < -0.3 is 20.5 Å². The van der Waals surface area contributed by atoms with Crippen molar-refractivity contribution in [2.45, 2.75) is 26.8 Å². The Hall–Kier alpha value is -1.59. The second-order valence-electron chi connectivity index (χ2n) is 4.96. The van der Waals surface area contributed by atoms with Crippen molar-refractivity contribution in [1.82, 2.24) is 0 Å². The van der Waals surface area contributed by atoms with E-state index in [0.29, 0.717) is 13.2 Å². The van der Waals surface area contributed by atoms with Gasteiger partial charge in [-0.25, -0.2) is 0 Å². The monoisotopic (exact) mass is 280 g/mol. The molecule has 0 aliphatic carbocycles. The molecule has 0 saturated carbocycles. The van der Waals surface area contributed by atoms with Crippen molar-refractivity contribution < 1.29 is 14.3 Å². The van der Waals surface area contributed by atoms with E-state index in [4.69, 9.17) is 15.2 Å². The molecule has 0 aliphatic heterocycles. The zero-order valence-corrected chi connectivity index (χ0v) is 12.6. The Bertz CT molecular complexity index is 447. The van der Waals surface area contributed by atoms with Crippen LogP contribution in [0.2, 0.25) is 0 Å². The summed E-state index contributed by atoms with van der Waals surface area (Å²) in [6.45, 7) is 6.61. The summed E-state index contributed by atoms with van der Waals surface area (Å²) >= 11 is 0. The Balaban J connectivity index is 2.66. The van der Waals surface area contributed by atoms with Crippen molar-refractivity contribution in [3.63, 3.8) is 0 Å². The van der Waals surface area contributed by atoms with E-state index in [9.17, 15) is 4.79 Å². The van der Waals surface area contributed by atoms with Crippen molar-refractivity contribution in [3.8, 4) is 5.75 Å². The lowest BCUT2D eigenvalue weighted by atomic mass is 10.0. The van der Waals surface area contributed by atoms with Gasteiger partial charge in [0, 0.05) is 18.8 Å². The number of aryl methyl sites for hydroxylation is 1. The number of carbonyl (C=O) groups excluding carboxylic acids is 1. The van der Waals surface area contributed by atoms with Gasteiger partial charge in [-0.05, 0) is 37.6 Å². The van der Waals surface area contributed by atoms with E-state index in [0.717, 1.165) is 17.0 Å². The van der Waals surface area contributed by atoms with Crippen LogP contribution >= 0.6 is 0 Å². The Morgan fingerprint density at radius 1 is 1.35 bits per heavy atom. The highest BCUT2D eigenvalue weighted by Gasteiger charge is 2.17. The minimum Gasteiger partial charge on any atom is -0.491 e. The van der Waals surface area contributed by atoms with Gasteiger partial charge in [-0.3, -0.25) is 4.79 Å². The number of rotatable bonds is 7. The first-order chi connectivity index (χ1) is 9.45. The number of methoxy groups -OCH3 is 1. The molecule has 0 heterocycles. The highest BCUT2D eigenvalue weighted by Crippen LogP contribution is 2.22. The van der Waals surface area contributed by atoms with Gasteiger partial charge in [0.1, 0.15) is 12.4 Å². The van der Waals surface area contributed by atoms with Crippen molar-refractivity contribution >= 4 is 11.6 Å². The molecule has 5 nitrogen and oxygen atoms in total. The molecule has 1 rings (SSSR count). The van der Waals surface area contributed by atoms with Crippen molar-refractivity contribution in [3.05, 3.63) is 23.8 Å². The molecule has 0 spiro atoms. The van der Waals surface area contributed by atoms with Gasteiger partial charge >= 0.3 is 0 Å². The number of ether oxygens (including phenoxy) is 2. The van der Waals surface area contributed by atoms with Gasteiger partial charge in [0.2, 0.25) is 5.91 Å². The van der Waals surface area contributed by atoms with Crippen LogP contribution in [0.3, 0.4) is 0 Å². The predicted octanol–water partition coefficient (Wildman–Crippen LogP) is 1.94. The SMILES string of the molecule is COCCOc1ccc(NC(=O)C(C)C(C)N)c(C)c1. The molecule has 0 saturated heterocycles. The molecule has 1 aromatic carbocycles. The summed E-state index contributed by atoms with van der Waals surface area (Å²) in [7, 11) is 1.63. The second-order valence-corrected chi connectivity index (χ2v) is 4.96. The van der Waals surface area contributed by atoms with Crippen LogP contribution in [0.5, 0.6) is 5.75 Å². The lowest BCUT2D eigenvalue weighted by Crippen LogP contribution is -2.34. The summed E-state index contributed by atoms with van der Waals surface area (Å²) in [5, 5.41) is 2.89. The molecule has 1 amide bonds. The molecule has 0 radical (unpaired) electrons. The van der Waals surface area contributed by atoms with Crippen molar-refractivity contribution in [2.24, 2.45) is 11.7 Å². The molecule has 0 fully saturated rings. The van der Waals surface area contributed by atoms with Gasteiger partial charge in [-0.2, -0.15) is 0 Å². The number of carbonyl (C=O) groups is 1. The standard InChI is InChI=1S/C15H24N2O3/c1-10-9-13(20-8-7-19-4)5-6-14(10)17-15(18)11(2)12(3)16/h5-6,9,11-12H,7-8,16H2,1-4H3,(H,17,18). The van der Waals surface area contributed by atoms with Crippen LogP contribution in [0, 0.1) is 12.8 Å². The first-order valence-electron chi connectivity index (χ1n) is 6.74. The van der Waals surface area contributed by atoms with E-state index >= 15 is 0 Å². The van der Waals surface area contributed by atoms with Crippen LogP contribution in [-0.4, -0.2) is 32.3 Å². The molecule has 2 atom stereocenters. The van der Waals surface area contributed by atoms with Crippen LogP contribution in [0.15, 0.2) is 18.2 Å². The predicted molar refractivity (Wildman–Crippen MR) is 80.0 cm³/mol. The topological polar surface area (TPSA) is 73.6 Å². The Kier molecular flexibility index (Phi) is 6.48. The van der Waals surface area contributed by atoms with Gasteiger partial charge in [-0.15, -0.1) is 0 Å². The van der Waals surface area contributed by atoms with Crippen LogP contribution in [0.1, 0.15) is 19.4 Å². The van der Waals surface area contributed by atoms with Gasteiger partial charge in [0.15, 0.2) is 0 Å². The zero-order chi connectivity index (χ0) is 15.1. The largest absolute Gasteiger partial charge is 0.491 e. The molecular formula is C15H24N2O3. The Labute approximate surface area is 120 Å². The summed E-state index contributed by atoms with van der Waals surface area (Å²) < 4.78 is 10.4. The molecule has 20 heavy (non-hydrogen) atoms. The minimum absolute atomic E-state index is 0.0730. The zero-order valence-electron chi connectivity index (χ0n) is 12.6. The normalized spacial score (nSPS) is 13.7. The molecular weight excluding hydrogens is 256 g/mol. The number of nitrogens with two attached hydrogens (primary N) is 1. The lowest BCUT2D eigenvalue weighted by molar-refractivity contribution is -0.119. The number of benzene rings is 1. The number of amides is 1. The van der Waals surface area contributed by atoms with Crippen LogP contribution in [0.25, 0.3) is 0 Å². The Morgan fingerprint density at radius 2 is 2.05 bits per heavy atom. The highest BCUT2D eigenvalue weighted by molar-refractivity contribution is 5.93. The summed E-state index contributed by atoms with van der Waals surface area (Å²) in [4.78, 5) is 12.0. The van der Waals surface area contributed by atoms with E-state index in [2.05, 4.69) is 5.32 Å². The van der Waals surface area contributed by atoms with E-state index in [1.807, 2.05) is 39.0 Å². The third-order valence-electron chi connectivity index (χ3n) is 3.21. The van der Waals surface area contributed by atoms with Gasteiger partial charge in [-0.1, -0.05) is 6.92 Å². The van der Waals surface area contributed by atoms with E-state index in [1.54, 1.807) is 7.11 Å². The molecule has 112 valence electrons. The first kappa shape index (κ1) is 16.5. The minimum atomic E-state index is -0.230. The smallest absolute Gasteiger partial charge is 0.228 e. The molecule has 5 heteroatoms. The molecule has 0 aliphatic rings. The van der Waals surface area contributed by atoms with Crippen LogP contribution < -0.4 is 15.8 Å². The van der Waals surface area contributed by atoms with Crippen molar-refractivity contribution in [1.29, 1.82) is 0 Å². The Morgan fingerprint density at radius 3 is 2.60 bits per heavy atom. The third-order valence-corrected chi connectivity index (χ3v) is 3.21. The number of hydrogen-bond donors (Lipinski definition) is 2. The average Bonchev–Trinajstić information content (AvgIpc) is 2.41. The second kappa shape index (κ2) is 7.87. The first-order valence-corrected chi connectivity index (χ1v) is 6.74. The van der Waals surface area contributed by atoms with E-state index < -0.39 is 0 Å². The number of hydrogen-bond acceptors (Lipinski definition) is 4. The molecule has 2 unspecified atom stereocenters. The number of nitrogens with one attached hydrogen (secondary N) is 1.